The maximum absolute atomic E-state index is 13.1. The van der Waals surface area contributed by atoms with Gasteiger partial charge < -0.3 is 9.05 Å². The molecule has 0 aromatic rings. The zero-order valence-corrected chi connectivity index (χ0v) is 19.9. The molecule has 0 bridgehead atoms. The Morgan fingerprint density at radius 3 is 1.70 bits per heavy atom. The molecule has 0 aromatic heterocycles. The molecule has 0 saturated heterocycles. The highest BCUT2D eigenvalue weighted by atomic mass is 31.2. The molecule has 2 atom stereocenters. The van der Waals surface area contributed by atoms with Gasteiger partial charge in [-0.05, 0) is 26.2 Å². The monoisotopic (exact) mass is 404 g/mol. The lowest BCUT2D eigenvalue weighted by atomic mass is 10.1. The predicted octanol–water partition coefficient (Wildman–Crippen LogP) is 8.90. The lowest BCUT2D eigenvalue weighted by Gasteiger charge is -2.22. The molecule has 0 amide bonds. The van der Waals surface area contributed by atoms with Gasteiger partial charge in [0, 0.05) is 0 Å². The molecule has 0 aliphatic carbocycles. The molecule has 0 saturated carbocycles. The van der Waals surface area contributed by atoms with Gasteiger partial charge in [0.15, 0.2) is 0 Å². The molecule has 27 heavy (non-hydrogen) atoms. The van der Waals surface area contributed by atoms with Gasteiger partial charge in [0.25, 0.3) is 0 Å². The van der Waals surface area contributed by atoms with E-state index in [0.29, 0.717) is 12.8 Å². The quantitative estimate of drug-likeness (QED) is 0.141. The highest BCUT2D eigenvalue weighted by Gasteiger charge is 2.26. The van der Waals surface area contributed by atoms with Gasteiger partial charge >= 0.3 is 7.60 Å². The van der Waals surface area contributed by atoms with Crippen LogP contribution in [0.25, 0.3) is 0 Å². The van der Waals surface area contributed by atoms with Crippen LogP contribution in [0, 0.1) is 0 Å². The predicted molar refractivity (Wildman–Crippen MR) is 120 cm³/mol. The number of rotatable bonds is 21. The Balaban J connectivity index is 3.94. The number of unbranched alkanes of at least 4 members (excludes halogenated alkanes) is 12. The van der Waals surface area contributed by atoms with Crippen LogP contribution in [0.3, 0.4) is 0 Å². The largest absolute Gasteiger partial charge is 0.330 e. The maximum atomic E-state index is 13.1. The van der Waals surface area contributed by atoms with E-state index in [1.165, 1.54) is 70.6 Å². The zero-order valence-electron chi connectivity index (χ0n) is 19.0. The summed E-state index contributed by atoms with van der Waals surface area (Å²) in [5.41, 5.74) is 0. The lowest BCUT2D eigenvalue weighted by molar-refractivity contribution is 0.147. The smallest absolute Gasteiger partial charge is 0.309 e. The first-order chi connectivity index (χ1) is 13.1. The summed E-state index contributed by atoms with van der Waals surface area (Å²) in [7, 11) is -2.92. The van der Waals surface area contributed by atoms with Gasteiger partial charge in [-0.15, -0.1) is 0 Å². The molecular formula is C23H49O3P. The van der Waals surface area contributed by atoms with Gasteiger partial charge in [-0.2, -0.15) is 0 Å². The van der Waals surface area contributed by atoms with E-state index >= 15 is 0 Å². The van der Waals surface area contributed by atoms with Crippen molar-refractivity contribution in [1.82, 2.24) is 0 Å². The molecule has 3 nitrogen and oxygen atoms in total. The summed E-state index contributed by atoms with van der Waals surface area (Å²) in [6, 6.07) is 0. The minimum absolute atomic E-state index is 0.0349. The Morgan fingerprint density at radius 1 is 0.667 bits per heavy atom. The Hall–Kier alpha value is 0.150. The van der Waals surface area contributed by atoms with Gasteiger partial charge in [-0.3, -0.25) is 4.57 Å². The van der Waals surface area contributed by atoms with Crippen molar-refractivity contribution in [3.63, 3.8) is 0 Å². The number of hydrogen-bond donors (Lipinski definition) is 0. The van der Waals surface area contributed by atoms with Crippen molar-refractivity contribution in [3.05, 3.63) is 0 Å². The summed E-state index contributed by atoms with van der Waals surface area (Å²) >= 11 is 0. The first-order valence-electron chi connectivity index (χ1n) is 12.0. The molecule has 0 fully saturated rings. The van der Waals surface area contributed by atoms with Gasteiger partial charge in [0.1, 0.15) is 0 Å². The zero-order chi connectivity index (χ0) is 20.2. The van der Waals surface area contributed by atoms with Crippen molar-refractivity contribution in [2.75, 3.05) is 12.8 Å². The third-order valence-electron chi connectivity index (χ3n) is 5.13. The molecule has 0 rings (SSSR count). The van der Waals surface area contributed by atoms with Crippen LogP contribution in [0.1, 0.15) is 130 Å². The average Bonchev–Trinajstić information content (AvgIpc) is 2.65. The van der Waals surface area contributed by atoms with E-state index in [2.05, 4.69) is 20.8 Å². The third-order valence-corrected chi connectivity index (χ3v) is 7.25. The highest BCUT2D eigenvalue weighted by molar-refractivity contribution is 7.53. The summed E-state index contributed by atoms with van der Waals surface area (Å²) in [5.74, 6) is 0. The van der Waals surface area contributed by atoms with Crippen LogP contribution in [-0.4, -0.2) is 18.9 Å². The Morgan fingerprint density at radius 2 is 1.15 bits per heavy atom. The topological polar surface area (TPSA) is 35.5 Å². The van der Waals surface area contributed by atoms with E-state index in [9.17, 15) is 4.57 Å². The normalized spacial score (nSPS) is 15.0. The fraction of sp³-hybridized carbons (Fsp3) is 1.00. The lowest BCUT2D eigenvalue weighted by Crippen LogP contribution is -2.10. The van der Waals surface area contributed by atoms with E-state index in [0.717, 1.165) is 32.1 Å². The van der Waals surface area contributed by atoms with E-state index in [1.807, 2.05) is 6.92 Å². The molecule has 0 spiro atoms. The summed E-state index contributed by atoms with van der Waals surface area (Å²) in [4.78, 5) is 0. The van der Waals surface area contributed by atoms with Crippen molar-refractivity contribution in [2.24, 2.45) is 0 Å². The van der Waals surface area contributed by atoms with E-state index < -0.39 is 7.60 Å². The third kappa shape index (κ3) is 17.9. The standard InChI is InChI=1S/C23H49O3P/c1-5-8-11-13-14-15-16-17-19-21-25-27(24,22-10-7-3)26-23(4)20-18-12-9-6-2/h23H,5-22H2,1-4H3. The minimum atomic E-state index is -2.92. The first-order valence-corrected chi connectivity index (χ1v) is 13.7. The highest BCUT2D eigenvalue weighted by Crippen LogP contribution is 2.50. The SMILES string of the molecule is CCCCCCCCCCCOP(=O)(CCCC)OC(C)CCCCCC. The second-order valence-corrected chi connectivity index (χ2v) is 10.3. The Kier molecular flexibility index (Phi) is 19.6. The van der Waals surface area contributed by atoms with Crippen molar-refractivity contribution in [1.29, 1.82) is 0 Å². The molecule has 0 aliphatic heterocycles. The van der Waals surface area contributed by atoms with Crippen LogP contribution in [-0.2, 0) is 13.6 Å². The van der Waals surface area contributed by atoms with Crippen LogP contribution in [0.5, 0.6) is 0 Å². The molecule has 0 radical (unpaired) electrons. The summed E-state index contributed by atoms with van der Waals surface area (Å²) in [6.45, 7) is 9.24. The summed E-state index contributed by atoms with van der Waals surface area (Å²) < 4.78 is 24.8. The maximum Gasteiger partial charge on any atom is 0.330 e. The van der Waals surface area contributed by atoms with Crippen LogP contribution in [0.4, 0.5) is 0 Å². The molecule has 0 aromatic carbocycles. The minimum Gasteiger partial charge on any atom is -0.309 e. The summed E-state index contributed by atoms with van der Waals surface area (Å²) in [5, 5.41) is 0. The van der Waals surface area contributed by atoms with Crippen LogP contribution in [0.2, 0.25) is 0 Å². The molecule has 164 valence electrons. The van der Waals surface area contributed by atoms with Crippen molar-refractivity contribution < 1.29 is 13.6 Å². The van der Waals surface area contributed by atoms with Crippen LogP contribution < -0.4 is 0 Å². The van der Waals surface area contributed by atoms with Crippen molar-refractivity contribution >= 4 is 7.60 Å². The molecule has 0 N–H and O–H groups in total. The van der Waals surface area contributed by atoms with Crippen molar-refractivity contribution in [3.8, 4) is 0 Å². The van der Waals surface area contributed by atoms with E-state index in [1.54, 1.807) is 0 Å². The van der Waals surface area contributed by atoms with E-state index in [4.69, 9.17) is 9.05 Å². The molecule has 2 unspecified atom stereocenters. The molecule has 4 heteroatoms. The van der Waals surface area contributed by atoms with Gasteiger partial charge in [-0.1, -0.05) is 104 Å². The van der Waals surface area contributed by atoms with Crippen LogP contribution >= 0.6 is 7.60 Å². The first kappa shape index (κ1) is 27.1. The van der Waals surface area contributed by atoms with Crippen molar-refractivity contribution in [2.45, 2.75) is 137 Å². The second kappa shape index (κ2) is 19.5. The average molecular weight is 405 g/mol. The number of hydrogen-bond acceptors (Lipinski definition) is 3. The molecule has 0 aliphatic rings. The van der Waals surface area contributed by atoms with E-state index in [-0.39, 0.29) is 6.10 Å². The van der Waals surface area contributed by atoms with Gasteiger partial charge in [-0.25, -0.2) is 0 Å². The fourth-order valence-electron chi connectivity index (χ4n) is 3.30. The van der Waals surface area contributed by atoms with Gasteiger partial charge in [0.2, 0.25) is 0 Å². The fourth-order valence-corrected chi connectivity index (χ4v) is 5.36. The Labute approximate surface area is 170 Å². The molecular weight excluding hydrogens is 355 g/mol. The summed E-state index contributed by atoms with van der Waals surface area (Å²) in [6.07, 6.45) is 20.0. The van der Waals surface area contributed by atoms with Gasteiger partial charge in [0.05, 0.1) is 18.9 Å². The van der Waals surface area contributed by atoms with Crippen LogP contribution in [0.15, 0.2) is 0 Å². The second-order valence-electron chi connectivity index (χ2n) is 8.12. The Bertz CT molecular complexity index is 347. The molecule has 0 heterocycles.